The van der Waals surface area contributed by atoms with Crippen molar-refractivity contribution in [3.05, 3.63) is 59.2 Å². The van der Waals surface area contributed by atoms with Crippen LogP contribution in [0.1, 0.15) is 21.5 Å². The number of carbonyl (C=O) groups excluding carboxylic acids is 1. The van der Waals surface area contributed by atoms with Crippen molar-refractivity contribution < 1.29 is 24.2 Å². The number of carboxylic acids is 1. The first kappa shape index (κ1) is 16.8. The molecular weight excluding hydrogens is 322 g/mol. The van der Waals surface area contributed by atoms with E-state index >= 15 is 0 Å². The van der Waals surface area contributed by atoms with Gasteiger partial charge in [0.15, 0.2) is 0 Å². The van der Waals surface area contributed by atoms with Crippen LogP contribution in [-0.4, -0.2) is 30.7 Å². The van der Waals surface area contributed by atoms with E-state index in [2.05, 4.69) is 5.32 Å². The van der Waals surface area contributed by atoms with Gasteiger partial charge in [0.25, 0.3) is 0 Å². The van der Waals surface area contributed by atoms with Gasteiger partial charge in [-0.2, -0.15) is 0 Å². The molecule has 3 rings (SSSR count). The molecule has 1 atom stereocenters. The van der Waals surface area contributed by atoms with Crippen molar-refractivity contribution in [2.24, 2.45) is 5.92 Å². The number of ether oxygens (including phenoxy) is 2. The van der Waals surface area contributed by atoms with E-state index in [4.69, 9.17) is 9.47 Å². The third-order valence-corrected chi connectivity index (χ3v) is 4.21. The average Bonchev–Trinajstić information content (AvgIpc) is 2.65. The predicted octanol–water partition coefficient (Wildman–Crippen LogP) is 2.26. The van der Waals surface area contributed by atoms with E-state index in [-0.39, 0.29) is 23.9 Å². The van der Waals surface area contributed by atoms with E-state index in [0.29, 0.717) is 24.3 Å². The second-order valence-electron chi connectivity index (χ2n) is 5.88. The molecule has 6 nitrogen and oxygen atoms in total. The molecule has 0 aliphatic carbocycles. The lowest BCUT2D eigenvalue weighted by molar-refractivity contribution is -0.126. The fourth-order valence-corrected chi connectivity index (χ4v) is 2.86. The molecule has 0 saturated heterocycles. The van der Waals surface area contributed by atoms with E-state index in [0.717, 1.165) is 11.3 Å². The van der Waals surface area contributed by atoms with Gasteiger partial charge in [0, 0.05) is 6.54 Å². The van der Waals surface area contributed by atoms with Gasteiger partial charge in [-0.15, -0.1) is 0 Å². The molecule has 0 radical (unpaired) electrons. The Morgan fingerprint density at radius 3 is 2.84 bits per heavy atom. The summed E-state index contributed by atoms with van der Waals surface area (Å²) in [6.07, 6.45) is 0.630. The highest BCUT2D eigenvalue weighted by Gasteiger charge is 2.25. The first-order valence-electron chi connectivity index (χ1n) is 7.97. The summed E-state index contributed by atoms with van der Waals surface area (Å²) >= 11 is 0. The van der Waals surface area contributed by atoms with Gasteiger partial charge in [0.2, 0.25) is 5.91 Å². The maximum absolute atomic E-state index is 12.4. The van der Waals surface area contributed by atoms with Crippen LogP contribution in [0.15, 0.2) is 42.5 Å². The van der Waals surface area contributed by atoms with Gasteiger partial charge in [-0.25, -0.2) is 4.79 Å². The number of hydrogen-bond acceptors (Lipinski definition) is 4. The minimum Gasteiger partial charge on any atom is -0.496 e. The average molecular weight is 341 g/mol. The summed E-state index contributed by atoms with van der Waals surface area (Å²) in [5.41, 5.74) is 1.79. The van der Waals surface area contributed by atoms with Crippen LogP contribution < -0.4 is 14.8 Å². The quantitative estimate of drug-likeness (QED) is 0.871. The monoisotopic (exact) mass is 341 g/mol. The highest BCUT2D eigenvalue weighted by atomic mass is 16.5. The van der Waals surface area contributed by atoms with Crippen molar-refractivity contribution in [1.82, 2.24) is 5.32 Å². The van der Waals surface area contributed by atoms with E-state index in [1.807, 2.05) is 24.3 Å². The topological polar surface area (TPSA) is 84.9 Å². The van der Waals surface area contributed by atoms with Gasteiger partial charge in [-0.1, -0.05) is 24.3 Å². The Kier molecular flexibility index (Phi) is 4.88. The number of methoxy groups -OCH3 is 1. The molecule has 2 aromatic rings. The summed E-state index contributed by atoms with van der Waals surface area (Å²) in [6.45, 7) is 0.590. The first-order valence-corrected chi connectivity index (χ1v) is 7.97. The second-order valence-corrected chi connectivity index (χ2v) is 5.88. The maximum atomic E-state index is 12.4. The Hall–Kier alpha value is -3.02. The number of carbonyl (C=O) groups is 2. The van der Waals surface area contributed by atoms with E-state index in [1.54, 1.807) is 12.1 Å². The summed E-state index contributed by atoms with van der Waals surface area (Å²) in [5.74, 6) is -0.315. The lowest BCUT2D eigenvalue weighted by Gasteiger charge is -2.24. The van der Waals surface area contributed by atoms with Crippen LogP contribution in [0.2, 0.25) is 0 Å². The van der Waals surface area contributed by atoms with Crippen molar-refractivity contribution in [3.8, 4) is 11.5 Å². The largest absolute Gasteiger partial charge is 0.496 e. The molecule has 0 fully saturated rings. The molecule has 1 amide bonds. The number of fused-ring (bicyclic) bond motifs is 1. The predicted molar refractivity (Wildman–Crippen MR) is 90.9 cm³/mol. The fraction of sp³-hybridized carbons (Fsp3) is 0.263. The zero-order chi connectivity index (χ0) is 17.8. The summed E-state index contributed by atoms with van der Waals surface area (Å²) in [6, 6.07) is 12.5. The SMILES string of the molecule is COc1ccc(CNC(=O)C2COc3ccccc3C2)cc1C(=O)O. The summed E-state index contributed by atoms with van der Waals surface area (Å²) in [4.78, 5) is 23.6. The van der Waals surface area contributed by atoms with E-state index in [1.165, 1.54) is 13.2 Å². The van der Waals surface area contributed by atoms with E-state index < -0.39 is 5.97 Å². The molecule has 25 heavy (non-hydrogen) atoms. The fourth-order valence-electron chi connectivity index (χ4n) is 2.86. The van der Waals surface area contributed by atoms with Gasteiger partial charge in [-0.05, 0) is 35.7 Å². The van der Waals surface area contributed by atoms with Crippen molar-refractivity contribution in [3.63, 3.8) is 0 Å². The standard InChI is InChI=1S/C19H19NO5/c1-24-17-7-6-12(8-15(17)19(22)23)10-20-18(21)14-9-13-4-2-3-5-16(13)25-11-14/h2-8,14H,9-11H2,1H3,(H,20,21)(H,22,23). The van der Waals surface area contributed by atoms with Crippen LogP contribution in [-0.2, 0) is 17.8 Å². The number of aromatic carboxylic acids is 1. The number of benzene rings is 2. The summed E-state index contributed by atoms with van der Waals surface area (Å²) < 4.78 is 10.7. The molecule has 130 valence electrons. The van der Waals surface area contributed by atoms with Crippen LogP contribution in [0.5, 0.6) is 11.5 Å². The smallest absolute Gasteiger partial charge is 0.339 e. The third-order valence-electron chi connectivity index (χ3n) is 4.21. The van der Waals surface area contributed by atoms with E-state index in [9.17, 15) is 14.7 Å². The number of nitrogens with one attached hydrogen (secondary N) is 1. The van der Waals surface area contributed by atoms with Gasteiger partial charge < -0.3 is 19.9 Å². The van der Waals surface area contributed by atoms with Crippen molar-refractivity contribution >= 4 is 11.9 Å². The van der Waals surface area contributed by atoms with Crippen molar-refractivity contribution in [1.29, 1.82) is 0 Å². The summed E-state index contributed by atoms with van der Waals surface area (Å²) in [7, 11) is 1.42. The van der Waals surface area contributed by atoms with Gasteiger partial charge in [0.1, 0.15) is 23.7 Å². The maximum Gasteiger partial charge on any atom is 0.339 e. The lowest BCUT2D eigenvalue weighted by Crippen LogP contribution is -2.37. The Morgan fingerprint density at radius 2 is 2.08 bits per heavy atom. The molecule has 0 spiro atoms. The molecule has 1 unspecified atom stereocenters. The number of para-hydroxylation sites is 1. The minimum atomic E-state index is -1.07. The highest BCUT2D eigenvalue weighted by Crippen LogP contribution is 2.27. The molecule has 1 aliphatic heterocycles. The lowest BCUT2D eigenvalue weighted by atomic mass is 9.96. The number of hydrogen-bond donors (Lipinski definition) is 2. The van der Waals surface area contributed by atoms with Crippen LogP contribution in [0.4, 0.5) is 0 Å². The Labute approximate surface area is 145 Å². The highest BCUT2D eigenvalue weighted by molar-refractivity contribution is 5.91. The molecular formula is C19H19NO5. The zero-order valence-electron chi connectivity index (χ0n) is 13.8. The van der Waals surface area contributed by atoms with Crippen LogP contribution >= 0.6 is 0 Å². The second kappa shape index (κ2) is 7.25. The third kappa shape index (κ3) is 3.74. The molecule has 2 N–H and O–H groups in total. The normalized spacial score (nSPS) is 15.6. The molecule has 1 aliphatic rings. The van der Waals surface area contributed by atoms with Gasteiger partial charge >= 0.3 is 5.97 Å². The Balaban J connectivity index is 1.63. The zero-order valence-corrected chi connectivity index (χ0v) is 13.8. The Morgan fingerprint density at radius 1 is 1.28 bits per heavy atom. The number of rotatable bonds is 5. The van der Waals surface area contributed by atoms with Gasteiger partial charge in [0.05, 0.1) is 13.0 Å². The molecule has 0 saturated carbocycles. The molecule has 0 bridgehead atoms. The molecule has 1 heterocycles. The van der Waals surface area contributed by atoms with Crippen LogP contribution in [0.3, 0.4) is 0 Å². The molecule has 6 heteroatoms. The molecule has 0 aromatic heterocycles. The number of carboxylic acid groups (broad SMARTS) is 1. The van der Waals surface area contributed by atoms with Crippen LogP contribution in [0.25, 0.3) is 0 Å². The summed E-state index contributed by atoms with van der Waals surface area (Å²) in [5, 5.41) is 12.1. The number of amides is 1. The van der Waals surface area contributed by atoms with Crippen LogP contribution in [0, 0.1) is 5.92 Å². The Bertz CT molecular complexity index is 802. The minimum absolute atomic E-state index is 0.0733. The van der Waals surface area contributed by atoms with Crippen molar-refractivity contribution in [2.45, 2.75) is 13.0 Å². The van der Waals surface area contributed by atoms with Crippen molar-refractivity contribution in [2.75, 3.05) is 13.7 Å². The first-order chi connectivity index (χ1) is 12.1. The van der Waals surface area contributed by atoms with Gasteiger partial charge in [-0.3, -0.25) is 4.79 Å². The molecule has 2 aromatic carbocycles.